The van der Waals surface area contributed by atoms with Crippen molar-refractivity contribution in [3.63, 3.8) is 0 Å². The highest BCUT2D eigenvalue weighted by atomic mass is 16.5. The van der Waals surface area contributed by atoms with Gasteiger partial charge in [-0.1, -0.05) is 24.3 Å². The summed E-state index contributed by atoms with van der Waals surface area (Å²) in [6, 6.07) is 9.85. The number of fused-ring (bicyclic) bond motifs is 1. The zero-order valence-electron chi connectivity index (χ0n) is 15.8. The van der Waals surface area contributed by atoms with Crippen LogP contribution in [0.3, 0.4) is 0 Å². The molecule has 0 aromatic heterocycles. The lowest BCUT2D eigenvalue weighted by atomic mass is 9.98. The molecule has 3 heteroatoms. The lowest BCUT2D eigenvalue weighted by Crippen LogP contribution is -2.10. The van der Waals surface area contributed by atoms with E-state index in [2.05, 4.69) is 4.74 Å². The molecule has 0 saturated heterocycles. The number of ether oxygens (including phenoxy) is 2. The molecule has 0 spiro atoms. The van der Waals surface area contributed by atoms with Gasteiger partial charge in [0.25, 0.3) is 0 Å². The van der Waals surface area contributed by atoms with Crippen molar-refractivity contribution in [2.24, 2.45) is 0 Å². The molecule has 0 saturated carbocycles. The first-order valence-corrected chi connectivity index (χ1v) is 5.40. The Morgan fingerprint density at radius 1 is 1.17 bits per heavy atom. The maximum Gasteiger partial charge on any atom is 0.312 e. The Hall–Kier alpha value is -2.03. The van der Waals surface area contributed by atoms with Crippen LogP contribution in [-0.4, -0.2) is 20.0 Å². The Kier molecular flexibility index (Phi) is 1.92. The number of hydrogen-bond donors (Lipinski definition) is 0. The molecule has 2 aromatic carbocycles. The van der Waals surface area contributed by atoms with E-state index in [4.69, 9.17) is 13.0 Å². The fourth-order valence-electron chi connectivity index (χ4n) is 1.80. The van der Waals surface area contributed by atoms with E-state index >= 15 is 0 Å². The minimum Gasteiger partial charge on any atom is -0.497 e. The van der Waals surface area contributed by atoms with E-state index in [0.29, 0.717) is 5.56 Å². The summed E-state index contributed by atoms with van der Waals surface area (Å²) in [4.78, 5) is 11.8. The molecule has 0 aliphatic rings. The number of carbonyl (C=O) groups is 1. The monoisotopic (exact) mass is 250 g/mol. The summed E-state index contributed by atoms with van der Waals surface area (Å²) in [5.74, 6) is -1.37. The van der Waals surface area contributed by atoms with E-state index in [1.165, 1.54) is 6.07 Å². The first-order chi connectivity index (χ1) is 10.9. The van der Waals surface area contributed by atoms with Gasteiger partial charge in [0.1, 0.15) is 5.75 Å². The van der Waals surface area contributed by atoms with Crippen LogP contribution in [0.1, 0.15) is 26.6 Å². The van der Waals surface area contributed by atoms with Crippen LogP contribution in [0.4, 0.5) is 0 Å². The Labute approximate surface area is 115 Å². The third-order valence-corrected chi connectivity index (χ3v) is 2.91. The normalized spacial score (nSPS) is 18.5. The largest absolute Gasteiger partial charge is 0.497 e. The second kappa shape index (κ2) is 5.08. The number of hydrogen-bond acceptors (Lipinski definition) is 3. The van der Waals surface area contributed by atoms with Crippen LogP contribution in [0, 0.1) is 0 Å². The Morgan fingerprint density at radius 3 is 2.72 bits per heavy atom. The van der Waals surface area contributed by atoms with Crippen LogP contribution in [0.25, 0.3) is 10.8 Å². The summed E-state index contributed by atoms with van der Waals surface area (Å²) in [5.41, 5.74) is 0.598. The molecule has 94 valence electrons. The molecule has 2 rings (SSSR count). The summed E-state index contributed by atoms with van der Waals surface area (Å²) < 4.78 is 51.5. The molecule has 0 radical (unpaired) electrons. The SMILES string of the molecule is [2H]C([2H])([2H])OC(=O)[C@@H](C)c1ccc2cc(OC([2H])([2H])[2H])ccc2c1. The van der Waals surface area contributed by atoms with Crippen LogP contribution in [0.2, 0.25) is 0 Å². The summed E-state index contributed by atoms with van der Waals surface area (Å²) in [5, 5.41) is 1.50. The van der Waals surface area contributed by atoms with Crippen molar-refractivity contribution in [2.75, 3.05) is 14.1 Å². The molecule has 18 heavy (non-hydrogen) atoms. The fourth-order valence-corrected chi connectivity index (χ4v) is 1.80. The molecule has 0 amide bonds. The maximum absolute atomic E-state index is 11.8. The lowest BCUT2D eigenvalue weighted by molar-refractivity contribution is -0.141. The van der Waals surface area contributed by atoms with Gasteiger partial charge in [-0.05, 0) is 35.4 Å². The van der Waals surface area contributed by atoms with E-state index in [-0.39, 0.29) is 5.75 Å². The smallest absolute Gasteiger partial charge is 0.312 e. The van der Waals surface area contributed by atoms with Gasteiger partial charge in [-0.25, -0.2) is 0 Å². The number of benzene rings is 2. The molecule has 0 fully saturated rings. The molecule has 3 nitrogen and oxygen atoms in total. The summed E-state index contributed by atoms with van der Waals surface area (Å²) in [6.07, 6.45) is 0. The average Bonchev–Trinajstić information content (AvgIpc) is 2.42. The van der Waals surface area contributed by atoms with Gasteiger partial charge < -0.3 is 9.47 Å². The zero-order chi connectivity index (χ0) is 18.1. The van der Waals surface area contributed by atoms with E-state index < -0.39 is 26.0 Å². The van der Waals surface area contributed by atoms with Crippen molar-refractivity contribution in [3.8, 4) is 5.75 Å². The number of rotatable bonds is 3. The second-order valence-corrected chi connectivity index (χ2v) is 4.01. The van der Waals surface area contributed by atoms with Gasteiger partial charge in [-0.15, -0.1) is 0 Å². The Bertz CT molecular complexity index is 751. The van der Waals surface area contributed by atoms with Crippen LogP contribution in [-0.2, 0) is 9.53 Å². The van der Waals surface area contributed by atoms with Gasteiger partial charge in [0.2, 0.25) is 0 Å². The number of carbonyl (C=O) groups excluding carboxylic acids is 1. The first kappa shape index (κ1) is 6.78. The topological polar surface area (TPSA) is 35.5 Å². The standard InChI is InChI=1S/C15H16O3/c1-10(15(16)18-3)11-4-5-13-9-14(17-2)7-6-12(13)8-11/h4-10H,1-3H3/t10-/m0/s1/i2D3,3D3. The predicted molar refractivity (Wildman–Crippen MR) is 70.9 cm³/mol. The molecule has 0 N–H and O–H groups in total. The van der Waals surface area contributed by atoms with Crippen molar-refractivity contribution < 1.29 is 22.5 Å². The Morgan fingerprint density at radius 2 is 1.94 bits per heavy atom. The highest BCUT2D eigenvalue weighted by Gasteiger charge is 2.15. The van der Waals surface area contributed by atoms with Crippen LogP contribution in [0.15, 0.2) is 36.4 Å². The van der Waals surface area contributed by atoms with Gasteiger partial charge >= 0.3 is 5.97 Å². The van der Waals surface area contributed by atoms with Crippen molar-refractivity contribution >= 4 is 16.7 Å². The fraction of sp³-hybridized carbons (Fsp3) is 0.267. The van der Waals surface area contributed by atoms with Crippen molar-refractivity contribution in [2.45, 2.75) is 12.8 Å². The number of methoxy groups -OCH3 is 2. The van der Waals surface area contributed by atoms with E-state index in [9.17, 15) is 4.79 Å². The summed E-state index contributed by atoms with van der Waals surface area (Å²) in [7, 11) is -5.30. The average molecular weight is 250 g/mol. The molecule has 1 atom stereocenters. The van der Waals surface area contributed by atoms with Crippen LogP contribution < -0.4 is 4.74 Å². The van der Waals surface area contributed by atoms with Crippen molar-refractivity contribution in [3.05, 3.63) is 42.0 Å². The quantitative estimate of drug-likeness (QED) is 0.785. The van der Waals surface area contributed by atoms with Gasteiger partial charge in [0, 0.05) is 0 Å². The van der Waals surface area contributed by atoms with E-state index in [0.717, 1.165) is 10.8 Å². The molecule has 0 heterocycles. The third kappa shape index (κ3) is 2.30. The third-order valence-electron chi connectivity index (χ3n) is 2.91. The predicted octanol–water partition coefficient (Wildman–Crippen LogP) is 3.12. The molecule has 0 aliphatic carbocycles. The highest BCUT2D eigenvalue weighted by Crippen LogP contribution is 2.25. The second-order valence-electron chi connectivity index (χ2n) is 4.01. The van der Waals surface area contributed by atoms with Crippen molar-refractivity contribution in [1.82, 2.24) is 0 Å². The first-order valence-electron chi connectivity index (χ1n) is 8.40. The van der Waals surface area contributed by atoms with E-state index in [1.54, 1.807) is 37.3 Å². The molecular weight excluding hydrogens is 228 g/mol. The van der Waals surface area contributed by atoms with E-state index in [1.807, 2.05) is 0 Å². The minimum atomic E-state index is -2.77. The lowest BCUT2D eigenvalue weighted by Gasteiger charge is -2.10. The summed E-state index contributed by atoms with van der Waals surface area (Å²) in [6.45, 7) is 1.56. The summed E-state index contributed by atoms with van der Waals surface area (Å²) >= 11 is 0. The Balaban J connectivity index is 2.25. The molecular formula is C15H16O3. The highest BCUT2D eigenvalue weighted by molar-refractivity contribution is 5.86. The van der Waals surface area contributed by atoms with Crippen molar-refractivity contribution in [1.29, 1.82) is 0 Å². The number of esters is 1. The van der Waals surface area contributed by atoms with Gasteiger partial charge in [-0.2, -0.15) is 0 Å². The van der Waals surface area contributed by atoms with Crippen LogP contribution in [0.5, 0.6) is 5.75 Å². The van der Waals surface area contributed by atoms with Gasteiger partial charge in [-0.3, -0.25) is 4.79 Å². The minimum absolute atomic E-state index is 0.213. The molecule has 0 aliphatic heterocycles. The molecule has 0 unspecified atom stereocenters. The van der Waals surface area contributed by atoms with Crippen LogP contribution >= 0.6 is 0 Å². The molecule has 0 bridgehead atoms. The maximum atomic E-state index is 11.8. The van der Waals surface area contributed by atoms with Gasteiger partial charge in [0.15, 0.2) is 0 Å². The molecule has 2 aromatic rings. The van der Waals surface area contributed by atoms with Gasteiger partial charge in [0.05, 0.1) is 28.2 Å². The zero-order valence-corrected chi connectivity index (χ0v) is 9.77.